The van der Waals surface area contributed by atoms with Gasteiger partial charge in [-0.05, 0) is 23.8 Å². The van der Waals surface area contributed by atoms with Crippen LogP contribution in [0.4, 0.5) is 5.69 Å². The molecule has 1 aliphatic rings. The van der Waals surface area contributed by atoms with Gasteiger partial charge in [-0.25, -0.2) is 4.98 Å². The first-order chi connectivity index (χ1) is 10.2. The first-order valence-corrected chi connectivity index (χ1v) is 7.53. The number of rotatable bonds is 2. The lowest BCUT2D eigenvalue weighted by Crippen LogP contribution is -2.05. The maximum absolute atomic E-state index is 6.14. The van der Waals surface area contributed by atoms with Gasteiger partial charge in [-0.1, -0.05) is 41.4 Å². The Balaban J connectivity index is 1.68. The molecular formula is C16H12Cl2N2O. The fourth-order valence-electron chi connectivity index (χ4n) is 2.84. The minimum absolute atomic E-state index is 0.364. The third-order valence-corrected chi connectivity index (χ3v) is 4.31. The van der Waals surface area contributed by atoms with Crippen molar-refractivity contribution in [3.8, 4) is 0 Å². The van der Waals surface area contributed by atoms with E-state index >= 15 is 0 Å². The Labute approximate surface area is 131 Å². The number of aromatic nitrogens is 1. The zero-order chi connectivity index (χ0) is 14.4. The number of hydrogen-bond acceptors (Lipinski definition) is 3. The number of fused-ring (bicyclic) bond motifs is 2. The molecule has 1 unspecified atom stereocenters. The van der Waals surface area contributed by atoms with E-state index < -0.39 is 0 Å². The highest BCUT2D eigenvalue weighted by atomic mass is 35.5. The van der Waals surface area contributed by atoms with E-state index in [9.17, 15) is 0 Å². The van der Waals surface area contributed by atoms with Crippen LogP contribution in [-0.4, -0.2) is 11.5 Å². The highest BCUT2D eigenvalue weighted by Crippen LogP contribution is 2.35. The largest absolute Gasteiger partial charge is 0.439 e. The van der Waals surface area contributed by atoms with E-state index in [1.54, 1.807) is 12.1 Å². The van der Waals surface area contributed by atoms with Crippen molar-refractivity contribution in [3.05, 3.63) is 57.9 Å². The number of para-hydroxylation sites is 1. The third kappa shape index (κ3) is 2.27. The van der Waals surface area contributed by atoms with Crippen LogP contribution in [0.2, 0.25) is 10.0 Å². The summed E-state index contributed by atoms with van der Waals surface area (Å²) in [6.07, 6.45) is 0.743. The zero-order valence-corrected chi connectivity index (χ0v) is 12.6. The smallest absolute Gasteiger partial charge is 0.196 e. The molecule has 5 heteroatoms. The lowest BCUT2D eigenvalue weighted by Gasteiger charge is -2.06. The molecule has 1 aromatic heterocycles. The summed E-state index contributed by atoms with van der Waals surface area (Å²) in [5.41, 5.74) is 3.82. The predicted molar refractivity (Wildman–Crippen MR) is 85.4 cm³/mol. The Morgan fingerprint density at radius 2 is 2.10 bits per heavy atom. The summed E-state index contributed by atoms with van der Waals surface area (Å²) in [7, 11) is 0. The molecule has 2 aromatic carbocycles. The van der Waals surface area contributed by atoms with Crippen LogP contribution in [-0.2, 0) is 6.42 Å². The Hall–Kier alpha value is -1.71. The fourth-order valence-corrected chi connectivity index (χ4v) is 3.36. The van der Waals surface area contributed by atoms with Gasteiger partial charge in [0.1, 0.15) is 5.52 Å². The fraction of sp³-hybridized carbons (Fsp3) is 0.188. The molecule has 0 amide bonds. The minimum Gasteiger partial charge on any atom is -0.439 e. The van der Waals surface area contributed by atoms with Crippen molar-refractivity contribution in [1.29, 1.82) is 0 Å². The number of halogens is 2. The van der Waals surface area contributed by atoms with E-state index in [2.05, 4.69) is 28.5 Å². The average molecular weight is 319 g/mol. The monoisotopic (exact) mass is 318 g/mol. The number of nitrogens with one attached hydrogen (secondary N) is 1. The van der Waals surface area contributed by atoms with Crippen molar-refractivity contribution in [3.63, 3.8) is 0 Å². The van der Waals surface area contributed by atoms with Gasteiger partial charge in [-0.15, -0.1) is 0 Å². The van der Waals surface area contributed by atoms with Crippen LogP contribution in [0.25, 0.3) is 11.1 Å². The summed E-state index contributed by atoms with van der Waals surface area (Å²) in [4.78, 5) is 4.51. The van der Waals surface area contributed by atoms with Gasteiger partial charge < -0.3 is 9.73 Å². The number of anilines is 1. The first kappa shape index (κ1) is 13.0. The van der Waals surface area contributed by atoms with Crippen LogP contribution < -0.4 is 5.32 Å². The molecule has 3 nitrogen and oxygen atoms in total. The second-order valence-electron chi connectivity index (χ2n) is 5.21. The Morgan fingerprint density at radius 1 is 1.24 bits per heavy atom. The van der Waals surface area contributed by atoms with Crippen LogP contribution in [0.3, 0.4) is 0 Å². The molecule has 4 rings (SSSR count). The van der Waals surface area contributed by atoms with Crippen molar-refractivity contribution in [2.45, 2.75) is 12.3 Å². The van der Waals surface area contributed by atoms with Gasteiger partial charge in [0.15, 0.2) is 11.5 Å². The highest BCUT2D eigenvalue weighted by molar-refractivity contribution is 6.37. The molecule has 0 fully saturated rings. The van der Waals surface area contributed by atoms with Crippen LogP contribution >= 0.6 is 23.2 Å². The maximum atomic E-state index is 6.14. The maximum Gasteiger partial charge on any atom is 0.196 e. The van der Waals surface area contributed by atoms with Crippen LogP contribution in [0.15, 0.2) is 40.8 Å². The van der Waals surface area contributed by atoms with Crippen LogP contribution in [0.5, 0.6) is 0 Å². The lowest BCUT2D eigenvalue weighted by molar-refractivity contribution is 0.507. The number of oxazole rings is 1. The van der Waals surface area contributed by atoms with Crippen LogP contribution in [0.1, 0.15) is 17.4 Å². The SMILES string of the molecule is Clc1cc(Cl)c2oc(CC3CNc4ccccc43)nc2c1. The second kappa shape index (κ2) is 4.93. The van der Waals surface area contributed by atoms with Crippen LogP contribution in [0, 0.1) is 0 Å². The predicted octanol–water partition coefficient (Wildman–Crippen LogP) is 4.89. The van der Waals surface area contributed by atoms with Gasteiger partial charge in [-0.2, -0.15) is 0 Å². The molecule has 1 N–H and O–H groups in total. The molecular weight excluding hydrogens is 307 g/mol. The van der Waals surface area contributed by atoms with E-state index in [4.69, 9.17) is 27.6 Å². The van der Waals surface area contributed by atoms with Crippen molar-refractivity contribution >= 4 is 40.0 Å². The van der Waals surface area contributed by atoms with Gasteiger partial charge in [0, 0.05) is 29.6 Å². The van der Waals surface area contributed by atoms with E-state index in [0.717, 1.165) is 13.0 Å². The quantitative estimate of drug-likeness (QED) is 0.731. The molecule has 106 valence electrons. The van der Waals surface area contributed by atoms with Crippen molar-refractivity contribution < 1.29 is 4.42 Å². The second-order valence-corrected chi connectivity index (χ2v) is 6.06. The zero-order valence-electron chi connectivity index (χ0n) is 11.1. The number of hydrogen-bond donors (Lipinski definition) is 1. The molecule has 21 heavy (non-hydrogen) atoms. The van der Waals surface area contributed by atoms with E-state index in [1.807, 2.05) is 6.07 Å². The van der Waals surface area contributed by atoms with E-state index in [-0.39, 0.29) is 0 Å². The molecule has 0 aliphatic carbocycles. The summed E-state index contributed by atoms with van der Waals surface area (Å²) in [5, 5.41) is 4.48. The Bertz CT molecular complexity index is 828. The van der Waals surface area contributed by atoms with Crippen molar-refractivity contribution in [2.24, 2.45) is 0 Å². The Kier molecular flexibility index (Phi) is 3.05. The van der Waals surface area contributed by atoms with E-state index in [1.165, 1.54) is 11.3 Å². The minimum atomic E-state index is 0.364. The highest BCUT2D eigenvalue weighted by Gasteiger charge is 2.24. The normalized spacial score (nSPS) is 17.0. The summed E-state index contributed by atoms with van der Waals surface area (Å²) in [5.74, 6) is 1.06. The summed E-state index contributed by atoms with van der Waals surface area (Å²) < 4.78 is 5.80. The molecule has 2 heterocycles. The van der Waals surface area contributed by atoms with E-state index in [0.29, 0.717) is 33.0 Å². The number of nitrogens with zero attached hydrogens (tertiary/aromatic N) is 1. The molecule has 0 saturated heterocycles. The van der Waals surface area contributed by atoms with Gasteiger partial charge in [0.05, 0.1) is 5.02 Å². The summed E-state index contributed by atoms with van der Waals surface area (Å²) in [6, 6.07) is 11.8. The topological polar surface area (TPSA) is 38.1 Å². The first-order valence-electron chi connectivity index (χ1n) is 6.78. The molecule has 0 spiro atoms. The Morgan fingerprint density at radius 3 is 3.00 bits per heavy atom. The lowest BCUT2D eigenvalue weighted by atomic mass is 9.98. The molecule has 3 aromatic rings. The molecule has 0 saturated carbocycles. The van der Waals surface area contributed by atoms with Gasteiger partial charge in [0.2, 0.25) is 0 Å². The molecule has 1 aliphatic heterocycles. The third-order valence-electron chi connectivity index (χ3n) is 3.81. The molecule has 0 bridgehead atoms. The molecule has 1 atom stereocenters. The van der Waals surface area contributed by atoms with Gasteiger partial charge in [0.25, 0.3) is 0 Å². The van der Waals surface area contributed by atoms with Crippen molar-refractivity contribution in [2.75, 3.05) is 11.9 Å². The standard InChI is InChI=1S/C16H12Cl2N2O/c17-10-6-12(18)16-14(7-10)20-15(21-16)5-9-8-19-13-4-2-1-3-11(9)13/h1-4,6-7,9,19H,5,8H2. The number of benzene rings is 2. The van der Waals surface area contributed by atoms with Gasteiger partial charge in [-0.3, -0.25) is 0 Å². The summed E-state index contributed by atoms with van der Waals surface area (Å²) in [6.45, 7) is 0.895. The van der Waals surface area contributed by atoms with Gasteiger partial charge >= 0.3 is 0 Å². The average Bonchev–Trinajstić information content (AvgIpc) is 3.04. The summed E-state index contributed by atoms with van der Waals surface area (Å²) >= 11 is 12.1. The molecule has 0 radical (unpaired) electrons. The van der Waals surface area contributed by atoms with Crippen molar-refractivity contribution in [1.82, 2.24) is 4.98 Å².